The van der Waals surface area contributed by atoms with Gasteiger partial charge in [0.25, 0.3) is 0 Å². The van der Waals surface area contributed by atoms with Crippen LogP contribution in [0.2, 0.25) is 0 Å². The monoisotopic (exact) mass is 216 g/mol. The van der Waals surface area contributed by atoms with Crippen LogP contribution < -0.4 is 0 Å². The molecule has 0 fully saturated rings. The zero-order valence-corrected chi connectivity index (χ0v) is 9.61. The Morgan fingerprint density at radius 3 is 2.60 bits per heavy atom. The minimum absolute atomic E-state index is 0.538. The lowest BCUT2D eigenvalue weighted by Gasteiger charge is -2.23. The van der Waals surface area contributed by atoms with Crippen molar-refractivity contribution in [2.24, 2.45) is 5.92 Å². The van der Waals surface area contributed by atoms with E-state index in [0.29, 0.717) is 11.8 Å². The van der Waals surface area contributed by atoms with Crippen molar-refractivity contribution in [3.05, 3.63) is 60.2 Å². The zero-order chi connectivity index (χ0) is 10.5. The van der Waals surface area contributed by atoms with Gasteiger partial charge in [-0.2, -0.15) is 12.6 Å². The molecule has 1 aromatic carbocycles. The van der Waals surface area contributed by atoms with Crippen molar-refractivity contribution in [3.63, 3.8) is 0 Å². The number of benzene rings is 1. The van der Waals surface area contributed by atoms with Crippen molar-refractivity contribution in [1.29, 1.82) is 0 Å². The van der Waals surface area contributed by atoms with E-state index >= 15 is 0 Å². The molecule has 2 rings (SSSR count). The van der Waals surface area contributed by atoms with Gasteiger partial charge in [-0.15, -0.1) is 0 Å². The Balaban J connectivity index is 2.17. The molecule has 0 amide bonds. The highest BCUT2D eigenvalue weighted by molar-refractivity contribution is 7.80. The maximum Gasteiger partial charge on any atom is -0.000759 e. The molecule has 0 heterocycles. The van der Waals surface area contributed by atoms with E-state index in [4.69, 9.17) is 0 Å². The summed E-state index contributed by atoms with van der Waals surface area (Å²) in [4.78, 5) is 0. The fourth-order valence-corrected chi connectivity index (χ4v) is 2.57. The highest BCUT2D eigenvalue weighted by Crippen LogP contribution is 2.31. The molecule has 0 nitrogen and oxygen atoms in total. The van der Waals surface area contributed by atoms with Crippen molar-refractivity contribution in [2.75, 3.05) is 5.75 Å². The topological polar surface area (TPSA) is 0 Å². The Morgan fingerprint density at radius 1 is 1.20 bits per heavy atom. The Morgan fingerprint density at radius 2 is 2.00 bits per heavy atom. The summed E-state index contributed by atoms with van der Waals surface area (Å²) in [6, 6.07) is 10.7. The Bertz CT molecular complexity index is 351. The van der Waals surface area contributed by atoms with Gasteiger partial charge in [0.2, 0.25) is 0 Å². The number of allylic oxidation sites excluding steroid dienone is 4. The van der Waals surface area contributed by atoms with Crippen LogP contribution in [0.3, 0.4) is 0 Å². The van der Waals surface area contributed by atoms with E-state index in [2.05, 4.69) is 67.3 Å². The average Bonchev–Trinajstić information content (AvgIpc) is 2.33. The van der Waals surface area contributed by atoms with Gasteiger partial charge in [0, 0.05) is 0 Å². The van der Waals surface area contributed by atoms with Crippen LogP contribution >= 0.6 is 12.6 Å². The molecule has 0 bridgehead atoms. The summed E-state index contributed by atoms with van der Waals surface area (Å²) in [6.07, 6.45) is 9.94. The SMILES string of the molecule is SCC(c1ccccc1)C1C=CC=CC1. The normalized spacial score (nSPS) is 21.5. The van der Waals surface area contributed by atoms with E-state index in [9.17, 15) is 0 Å². The highest BCUT2D eigenvalue weighted by Gasteiger charge is 2.19. The predicted molar refractivity (Wildman–Crippen MR) is 69.4 cm³/mol. The van der Waals surface area contributed by atoms with E-state index in [1.165, 1.54) is 5.56 Å². The van der Waals surface area contributed by atoms with Crippen molar-refractivity contribution < 1.29 is 0 Å². The summed E-state index contributed by atoms with van der Waals surface area (Å²) in [7, 11) is 0. The van der Waals surface area contributed by atoms with Gasteiger partial charge >= 0.3 is 0 Å². The quantitative estimate of drug-likeness (QED) is 0.729. The summed E-state index contributed by atoms with van der Waals surface area (Å²) >= 11 is 4.48. The smallest absolute Gasteiger partial charge is 0.000759 e. The second kappa shape index (κ2) is 5.22. The third-order valence-corrected chi connectivity index (χ3v) is 3.35. The summed E-state index contributed by atoms with van der Waals surface area (Å²) in [5.41, 5.74) is 1.40. The molecule has 1 heteroatoms. The minimum Gasteiger partial charge on any atom is -0.179 e. The van der Waals surface area contributed by atoms with E-state index in [1.807, 2.05) is 0 Å². The third-order valence-electron chi connectivity index (χ3n) is 2.95. The van der Waals surface area contributed by atoms with Crippen LogP contribution in [0.15, 0.2) is 54.6 Å². The molecule has 15 heavy (non-hydrogen) atoms. The molecule has 1 aliphatic carbocycles. The number of hydrogen-bond donors (Lipinski definition) is 1. The van der Waals surface area contributed by atoms with Crippen LogP contribution in [-0.2, 0) is 0 Å². The van der Waals surface area contributed by atoms with E-state index in [0.717, 1.165) is 12.2 Å². The zero-order valence-electron chi connectivity index (χ0n) is 8.71. The lowest BCUT2D eigenvalue weighted by molar-refractivity contribution is 0.552. The summed E-state index contributed by atoms with van der Waals surface area (Å²) in [5.74, 6) is 2.05. The fourth-order valence-electron chi connectivity index (χ4n) is 2.09. The van der Waals surface area contributed by atoms with Crippen molar-refractivity contribution in [3.8, 4) is 0 Å². The number of thiol groups is 1. The molecule has 0 spiro atoms. The summed E-state index contributed by atoms with van der Waals surface area (Å²) < 4.78 is 0. The number of hydrogen-bond acceptors (Lipinski definition) is 1. The molecular weight excluding hydrogens is 200 g/mol. The van der Waals surface area contributed by atoms with Crippen molar-refractivity contribution in [1.82, 2.24) is 0 Å². The maximum atomic E-state index is 4.48. The molecule has 78 valence electrons. The van der Waals surface area contributed by atoms with Crippen molar-refractivity contribution >= 4 is 12.6 Å². The van der Waals surface area contributed by atoms with Gasteiger partial charge in [-0.1, -0.05) is 54.6 Å². The van der Waals surface area contributed by atoms with Crippen LogP contribution in [0.5, 0.6) is 0 Å². The Kier molecular flexibility index (Phi) is 3.68. The van der Waals surface area contributed by atoms with Gasteiger partial charge in [0.1, 0.15) is 0 Å². The summed E-state index contributed by atoms with van der Waals surface area (Å²) in [6.45, 7) is 0. The Labute approximate surface area is 97.1 Å². The maximum absolute atomic E-state index is 4.48. The molecular formula is C14H16S. The fraction of sp³-hybridized carbons (Fsp3) is 0.286. The van der Waals surface area contributed by atoms with Crippen molar-refractivity contribution in [2.45, 2.75) is 12.3 Å². The first kappa shape index (κ1) is 10.6. The van der Waals surface area contributed by atoms with Crippen LogP contribution in [0.4, 0.5) is 0 Å². The molecule has 0 radical (unpaired) electrons. The third kappa shape index (κ3) is 2.54. The van der Waals surface area contributed by atoms with Gasteiger partial charge < -0.3 is 0 Å². The molecule has 0 saturated heterocycles. The van der Waals surface area contributed by atoms with Gasteiger partial charge in [-0.3, -0.25) is 0 Å². The van der Waals surface area contributed by atoms with Gasteiger partial charge in [-0.25, -0.2) is 0 Å². The second-order valence-corrected chi connectivity index (χ2v) is 4.28. The molecule has 0 aliphatic heterocycles. The van der Waals surface area contributed by atoms with Crippen LogP contribution in [-0.4, -0.2) is 5.75 Å². The van der Waals surface area contributed by atoms with Crippen LogP contribution in [0, 0.1) is 5.92 Å². The first-order chi connectivity index (χ1) is 7.42. The van der Waals surface area contributed by atoms with E-state index in [1.54, 1.807) is 0 Å². The molecule has 2 unspecified atom stereocenters. The molecule has 0 saturated carbocycles. The van der Waals surface area contributed by atoms with E-state index in [-0.39, 0.29) is 0 Å². The van der Waals surface area contributed by atoms with E-state index < -0.39 is 0 Å². The lowest BCUT2D eigenvalue weighted by Crippen LogP contribution is -2.13. The standard InChI is InChI=1S/C14H16S/c15-11-14(12-7-3-1-4-8-12)13-9-5-2-6-10-13/h1-9,13-15H,10-11H2. The molecule has 0 N–H and O–H groups in total. The first-order valence-electron chi connectivity index (χ1n) is 5.41. The predicted octanol–water partition coefficient (Wildman–Crippen LogP) is 3.83. The van der Waals surface area contributed by atoms with Gasteiger partial charge in [-0.05, 0) is 29.6 Å². The molecule has 2 atom stereocenters. The second-order valence-electron chi connectivity index (χ2n) is 3.91. The van der Waals surface area contributed by atoms with Crippen LogP contribution in [0.1, 0.15) is 17.9 Å². The largest absolute Gasteiger partial charge is 0.179 e. The van der Waals surface area contributed by atoms with Crippen LogP contribution in [0.25, 0.3) is 0 Å². The summed E-state index contributed by atoms with van der Waals surface area (Å²) in [5, 5.41) is 0. The molecule has 1 aromatic rings. The first-order valence-corrected chi connectivity index (χ1v) is 6.04. The molecule has 0 aromatic heterocycles. The highest BCUT2D eigenvalue weighted by atomic mass is 32.1. The molecule has 1 aliphatic rings. The van der Waals surface area contributed by atoms with Gasteiger partial charge in [0.05, 0.1) is 0 Å². The minimum atomic E-state index is 0.538. The lowest BCUT2D eigenvalue weighted by atomic mass is 9.83. The van der Waals surface area contributed by atoms with Gasteiger partial charge in [0.15, 0.2) is 0 Å². The number of rotatable bonds is 3. The Hall–Kier alpha value is -0.950. The average molecular weight is 216 g/mol.